The van der Waals surface area contributed by atoms with Crippen LogP contribution in [0.5, 0.6) is 0 Å². The molecule has 6 heteroatoms. The number of nitrogens with one attached hydrogen (secondary N) is 1. The molecule has 1 fully saturated rings. The van der Waals surface area contributed by atoms with Crippen molar-refractivity contribution < 1.29 is 0 Å². The average Bonchev–Trinajstić information content (AvgIpc) is 2.97. The lowest BCUT2D eigenvalue weighted by Crippen LogP contribution is -2.09. The predicted molar refractivity (Wildman–Crippen MR) is 55.3 cm³/mol. The third-order valence-electron chi connectivity index (χ3n) is 2.44. The van der Waals surface area contributed by atoms with Gasteiger partial charge in [-0.15, -0.1) is 15.3 Å². The van der Waals surface area contributed by atoms with E-state index < -0.39 is 0 Å². The quantitative estimate of drug-likeness (QED) is 0.744. The van der Waals surface area contributed by atoms with Crippen molar-refractivity contribution >= 4 is 11.5 Å². The van der Waals surface area contributed by atoms with Gasteiger partial charge in [-0.1, -0.05) is 0 Å². The van der Waals surface area contributed by atoms with E-state index in [4.69, 9.17) is 5.73 Å². The van der Waals surface area contributed by atoms with Gasteiger partial charge in [0, 0.05) is 6.04 Å². The van der Waals surface area contributed by atoms with E-state index in [9.17, 15) is 0 Å². The number of nitrogens with zero attached hydrogens (tertiary/aromatic N) is 4. The topological polar surface area (TPSA) is 81.1 Å². The Morgan fingerprint density at radius 1 is 1.40 bits per heavy atom. The summed E-state index contributed by atoms with van der Waals surface area (Å²) in [4.78, 5) is 0. The molecule has 78 valence electrons. The summed E-state index contributed by atoms with van der Waals surface area (Å²) in [6.45, 7) is 0.348. The summed E-state index contributed by atoms with van der Waals surface area (Å²) in [5, 5.41) is 15.6. The average molecular weight is 204 g/mol. The van der Waals surface area contributed by atoms with E-state index in [1.165, 1.54) is 12.8 Å². The molecule has 0 saturated heterocycles. The Bertz CT molecular complexity index is 486. The zero-order chi connectivity index (χ0) is 10.3. The molecule has 0 bridgehead atoms. The van der Waals surface area contributed by atoms with Crippen LogP contribution in [0.15, 0.2) is 12.1 Å². The van der Waals surface area contributed by atoms with Crippen LogP contribution in [0.1, 0.15) is 18.7 Å². The Morgan fingerprint density at radius 2 is 2.27 bits per heavy atom. The maximum absolute atomic E-state index is 5.54. The Labute approximate surface area is 86.5 Å². The van der Waals surface area contributed by atoms with Crippen LogP contribution in [0.25, 0.3) is 5.65 Å². The first-order chi connectivity index (χ1) is 7.36. The zero-order valence-corrected chi connectivity index (χ0v) is 8.22. The second kappa shape index (κ2) is 3.16. The third kappa shape index (κ3) is 1.52. The summed E-state index contributed by atoms with van der Waals surface area (Å²) in [6, 6.07) is 4.40. The fraction of sp³-hybridized carbons (Fsp3) is 0.444. The Kier molecular flexibility index (Phi) is 1.81. The molecule has 0 aromatic carbocycles. The van der Waals surface area contributed by atoms with Gasteiger partial charge in [0.2, 0.25) is 0 Å². The maximum Gasteiger partial charge on any atom is 0.178 e. The molecule has 1 aliphatic carbocycles. The molecule has 2 aromatic heterocycles. The zero-order valence-electron chi connectivity index (χ0n) is 8.22. The summed E-state index contributed by atoms with van der Waals surface area (Å²) in [6.07, 6.45) is 2.46. The van der Waals surface area contributed by atoms with Gasteiger partial charge in [-0.25, -0.2) is 0 Å². The van der Waals surface area contributed by atoms with Crippen LogP contribution in [-0.2, 0) is 6.54 Å². The molecule has 2 heterocycles. The smallest absolute Gasteiger partial charge is 0.178 e. The SMILES string of the molecule is NCc1nnc2ccc(NC3CC3)nn12. The Hall–Kier alpha value is -1.69. The van der Waals surface area contributed by atoms with Crippen molar-refractivity contribution in [2.24, 2.45) is 5.73 Å². The monoisotopic (exact) mass is 204 g/mol. The minimum Gasteiger partial charge on any atom is -0.366 e. The molecule has 1 saturated carbocycles. The largest absolute Gasteiger partial charge is 0.366 e. The van der Waals surface area contributed by atoms with E-state index in [1.54, 1.807) is 4.52 Å². The number of hydrogen-bond donors (Lipinski definition) is 2. The van der Waals surface area contributed by atoms with Crippen LogP contribution in [-0.4, -0.2) is 25.9 Å². The molecule has 0 spiro atoms. The van der Waals surface area contributed by atoms with Gasteiger partial charge >= 0.3 is 0 Å². The number of aromatic nitrogens is 4. The van der Waals surface area contributed by atoms with Gasteiger partial charge in [-0.3, -0.25) is 0 Å². The molecule has 0 radical (unpaired) electrons. The van der Waals surface area contributed by atoms with Crippen molar-refractivity contribution in [1.29, 1.82) is 0 Å². The van der Waals surface area contributed by atoms with Crippen molar-refractivity contribution in [2.75, 3.05) is 5.32 Å². The van der Waals surface area contributed by atoms with Gasteiger partial charge < -0.3 is 11.1 Å². The van der Waals surface area contributed by atoms with Crippen LogP contribution < -0.4 is 11.1 Å². The molecule has 0 unspecified atom stereocenters. The van der Waals surface area contributed by atoms with E-state index in [-0.39, 0.29) is 0 Å². The summed E-state index contributed by atoms with van der Waals surface area (Å²) in [5.74, 6) is 1.55. The van der Waals surface area contributed by atoms with Crippen LogP contribution in [0.4, 0.5) is 5.82 Å². The van der Waals surface area contributed by atoms with Gasteiger partial charge in [-0.2, -0.15) is 4.52 Å². The van der Waals surface area contributed by atoms with Crippen LogP contribution >= 0.6 is 0 Å². The number of anilines is 1. The Morgan fingerprint density at radius 3 is 3.00 bits per heavy atom. The second-order valence-electron chi connectivity index (χ2n) is 3.73. The lowest BCUT2D eigenvalue weighted by atomic mass is 10.5. The van der Waals surface area contributed by atoms with E-state index >= 15 is 0 Å². The number of hydrogen-bond acceptors (Lipinski definition) is 5. The van der Waals surface area contributed by atoms with Crippen molar-refractivity contribution in [1.82, 2.24) is 19.8 Å². The molecular weight excluding hydrogens is 192 g/mol. The van der Waals surface area contributed by atoms with Gasteiger partial charge in [0.15, 0.2) is 11.5 Å². The van der Waals surface area contributed by atoms with Gasteiger partial charge in [-0.05, 0) is 25.0 Å². The van der Waals surface area contributed by atoms with E-state index in [0.29, 0.717) is 18.4 Å². The van der Waals surface area contributed by atoms with Crippen molar-refractivity contribution in [3.05, 3.63) is 18.0 Å². The summed E-state index contributed by atoms with van der Waals surface area (Å²) in [7, 11) is 0. The van der Waals surface area contributed by atoms with Crippen molar-refractivity contribution in [3.63, 3.8) is 0 Å². The molecular formula is C9H12N6. The fourth-order valence-corrected chi connectivity index (χ4v) is 1.47. The first-order valence-corrected chi connectivity index (χ1v) is 5.05. The third-order valence-corrected chi connectivity index (χ3v) is 2.44. The van der Waals surface area contributed by atoms with Crippen molar-refractivity contribution in [3.8, 4) is 0 Å². The molecule has 15 heavy (non-hydrogen) atoms. The summed E-state index contributed by atoms with van der Waals surface area (Å²) in [5.41, 5.74) is 6.27. The van der Waals surface area contributed by atoms with E-state index in [2.05, 4.69) is 20.6 Å². The standard InChI is InChI=1S/C9H12N6/c10-5-9-13-12-8-4-3-7(14-15(8)9)11-6-1-2-6/h3-4,6H,1-2,5,10H2,(H,11,14). The lowest BCUT2D eigenvalue weighted by Gasteiger charge is -2.03. The summed E-state index contributed by atoms with van der Waals surface area (Å²) < 4.78 is 1.69. The van der Waals surface area contributed by atoms with Gasteiger partial charge in [0.05, 0.1) is 6.54 Å². The molecule has 0 atom stereocenters. The van der Waals surface area contributed by atoms with E-state index in [0.717, 1.165) is 11.5 Å². The molecule has 2 aromatic rings. The van der Waals surface area contributed by atoms with Crippen molar-refractivity contribution in [2.45, 2.75) is 25.4 Å². The van der Waals surface area contributed by atoms with Gasteiger partial charge in [0.1, 0.15) is 5.82 Å². The molecule has 3 rings (SSSR count). The minimum absolute atomic E-state index is 0.348. The molecule has 3 N–H and O–H groups in total. The normalized spacial score (nSPS) is 15.8. The minimum atomic E-state index is 0.348. The molecule has 0 amide bonds. The molecule has 1 aliphatic rings. The van der Waals surface area contributed by atoms with E-state index in [1.807, 2.05) is 12.1 Å². The van der Waals surface area contributed by atoms with Crippen LogP contribution in [0.2, 0.25) is 0 Å². The van der Waals surface area contributed by atoms with Crippen LogP contribution in [0, 0.1) is 0 Å². The highest BCUT2D eigenvalue weighted by Gasteiger charge is 2.21. The predicted octanol–water partition coefficient (Wildman–Crippen LogP) is 0.157. The highest BCUT2D eigenvalue weighted by Crippen LogP contribution is 2.23. The number of rotatable bonds is 3. The number of nitrogens with two attached hydrogens (primary N) is 1. The molecule has 0 aliphatic heterocycles. The van der Waals surface area contributed by atoms with Gasteiger partial charge in [0.25, 0.3) is 0 Å². The first-order valence-electron chi connectivity index (χ1n) is 5.05. The fourth-order valence-electron chi connectivity index (χ4n) is 1.47. The Balaban J connectivity index is 2.01. The lowest BCUT2D eigenvalue weighted by molar-refractivity contribution is 0.807. The number of fused-ring (bicyclic) bond motifs is 1. The summed E-state index contributed by atoms with van der Waals surface area (Å²) >= 11 is 0. The first kappa shape index (κ1) is 8.60. The molecule has 6 nitrogen and oxygen atoms in total. The highest BCUT2D eigenvalue weighted by molar-refractivity contribution is 5.44. The highest BCUT2D eigenvalue weighted by atomic mass is 15.4. The maximum atomic E-state index is 5.54. The van der Waals surface area contributed by atoms with Crippen LogP contribution in [0.3, 0.4) is 0 Å². The second-order valence-corrected chi connectivity index (χ2v) is 3.73.